The van der Waals surface area contributed by atoms with Gasteiger partial charge < -0.3 is 15.9 Å². The average molecular weight is 382 g/mol. The van der Waals surface area contributed by atoms with Gasteiger partial charge in [-0.2, -0.15) is 8.42 Å². The van der Waals surface area contributed by atoms with E-state index in [2.05, 4.69) is 11.1 Å². The van der Waals surface area contributed by atoms with E-state index in [-0.39, 0.29) is 6.42 Å². The predicted molar refractivity (Wildman–Crippen MR) is 98.5 cm³/mol. The summed E-state index contributed by atoms with van der Waals surface area (Å²) in [6.07, 6.45) is 11.7. The number of rotatable bonds is 16. The number of nitrogens with two attached hydrogens (primary N) is 1. The van der Waals surface area contributed by atoms with Gasteiger partial charge in [0.15, 0.2) is 0 Å². The summed E-state index contributed by atoms with van der Waals surface area (Å²) in [6.45, 7) is 1.68. The minimum absolute atomic E-state index is 0.0751. The van der Waals surface area contributed by atoms with E-state index in [1.165, 1.54) is 38.5 Å². The average Bonchev–Trinajstić information content (AvgIpc) is 2.56. The molecule has 5 N–H and O–H groups in total. The monoisotopic (exact) mass is 381 g/mol. The summed E-state index contributed by atoms with van der Waals surface area (Å²) in [5.74, 6) is 0. The van der Waals surface area contributed by atoms with Crippen LogP contribution in [-0.4, -0.2) is 48.0 Å². The normalized spacial score (nSPS) is 16.2. The summed E-state index contributed by atoms with van der Waals surface area (Å²) in [6, 6.07) is -1.05. The van der Waals surface area contributed by atoms with Crippen molar-refractivity contribution in [2.45, 2.75) is 89.4 Å². The van der Waals surface area contributed by atoms with Gasteiger partial charge in [0.1, 0.15) is 6.10 Å². The Balaban J connectivity index is 4.05. The molecule has 0 aromatic rings. The van der Waals surface area contributed by atoms with Crippen molar-refractivity contribution in [3.8, 4) is 0 Å². The summed E-state index contributed by atoms with van der Waals surface area (Å²) in [7, 11) is -4.71. The summed E-state index contributed by atoms with van der Waals surface area (Å²) < 4.78 is 34.9. The molecule has 0 saturated heterocycles. The standard InChI is InChI=1S/C17H35NO6S/c1-2-3-4-5-6-7-8-9-10-11-12-13-16(24-25(21,22)23)17(20)15(18)14-19/h11-12,15-17,19-20H,2-10,13-14,18H2,1H3,(H,21,22,23)/t15-,16+,17-/m1/s1. The Morgan fingerprint density at radius 3 is 2.12 bits per heavy atom. The Morgan fingerprint density at radius 2 is 1.60 bits per heavy atom. The third-order valence-corrected chi connectivity index (χ3v) is 4.53. The summed E-state index contributed by atoms with van der Waals surface area (Å²) in [5.41, 5.74) is 5.48. The van der Waals surface area contributed by atoms with E-state index in [1.807, 2.05) is 6.08 Å². The second kappa shape index (κ2) is 14.6. The number of allylic oxidation sites excluding steroid dienone is 1. The Bertz CT molecular complexity index is 440. The molecule has 0 spiro atoms. The van der Waals surface area contributed by atoms with Gasteiger partial charge in [0.25, 0.3) is 0 Å². The maximum absolute atomic E-state index is 10.9. The molecule has 0 aliphatic heterocycles. The minimum Gasteiger partial charge on any atom is -0.395 e. The fraction of sp³-hybridized carbons (Fsp3) is 0.882. The Hall–Kier alpha value is -0.510. The largest absolute Gasteiger partial charge is 0.397 e. The second-order valence-electron chi connectivity index (χ2n) is 6.37. The van der Waals surface area contributed by atoms with Crippen molar-refractivity contribution in [1.29, 1.82) is 0 Å². The molecule has 8 heteroatoms. The molecule has 0 rings (SSSR count). The Morgan fingerprint density at radius 1 is 1.04 bits per heavy atom. The highest BCUT2D eigenvalue weighted by Crippen LogP contribution is 2.13. The van der Waals surface area contributed by atoms with E-state index >= 15 is 0 Å². The zero-order chi connectivity index (χ0) is 19.1. The van der Waals surface area contributed by atoms with Crippen LogP contribution in [0.3, 0.4) is 0 Å². The number of unbranched alkanes of at least 4 members (excludes halogenated alkanes) is 8. The summed E-state index contributed by atoms with van der Waals surface area (Å²) in [5, 5.41) is 18.8. The molecule has 0 bridgehead atoms. The molecule has 0 aliphatic rings. The quantitative estimate of drug-likeness (QED) is 0.183. The van der Waals surface area contributed by atoms with Gasteiger partial charge in [-0.15, -0.1) is 0 Å². The highest BCUT2D eigenvalue weighted by molar-refractivity contribution is 7.80. The zero-order valence-electron chi connectivity index (χ0n) is 15.2. The van der Waals surface area contributed by atoms with Crippen LogP contribution in [0.1, 0.15) is 71.1 Å². The van der Waals surface area contributed by atoms with Gasteiger partial charge in [-0.3, -0.25) is 4.55 Å². The number of aliphatic hydroxyl groups is 2. The van der Waals surface area contributed by atoms with Crippen LogP contribution < -0.4 is 5.73 Å². The zero-order valence-corrected chi connectivity index (χ0v) is 16.0. The van der Waals surface area contributed by atoms with Crippen molar-refractivity contribution >= 4 is 10.4 Å². The number of hydrogen-bond donors (Lipinski definition) is 4. The van der Waals surface area contributed by atoms with Crippen molar-refractivity contribution in [1.82, 2.24) is 0 Å². The maximum Gasteiger partial charge on any atom is 0.397 e. The van der Waals surface area contributed by atoms with Crippen molar-refractivity contribution in [2.75, 3.05) is 6.61 Å². The first kappa shape index (κ1) is 24.5. The number of aliphatic hydroxyl groups excluding tert-OH is 2. The fourth-order valence-corrected chi connectivity index (χ4v) is 3.02. The molecular weight excluding hydrogens is 346 g/mol. The number of hydrogen-bond acceptors (Lipinski definition) is 6. The van der Waals surface area contributed by atoms with E-state index < -0.39 is 35.3 Å². The molecule has 0 heterocycles. The van der Waals surface area contributed by atoms with Gasteiger partial charge >= 0.3 is 10.4 Å². The smallest absolute Gasteiger partial charge is 0.395 e. The first-order valence-electron chi connectivity index (χ1n) is 9.17. The van der Waals surface area contributed by atoms with Gasteiger partial charge in [0, 0.05) is 0 Å². The maximum atomic E-state index is 10.9. The molecule has 0 fully saturated rings. The van der Waals surface area contributed by atoms with Crippen LogP contribution >= 0.6 is 0 Å². The van der Waals surface area contributed by atoms with Gasteiger partial charge in [0.2, 0.25) is 0 Å². The van der Waals surface area contributed by atoms with E-state index in [9.17, 15) is 13.5 Å². The lowest BCUT2D eigenvalue weighted by Crippen LogP contribution is -2.46. The van der Waals surface area contributed by atoms with Crippen molar-refractivity contribution in [2.24, 2.45) is 5.73 Å². The van der Waals surface area contributed by atoms with Crippen LogP contribution in [0.15, 0.2) is 12.2 Å². The lowest BCUT2D eigenvalue weighted by Gasteiger charge is -2.24. The second-order valence-corrected chi connectivity index (χ2v) is 7.42. The van der Waals surface area contributed by atoms with Crippen molar-refractivity contribution in [3.63, 3.8) is 0 Å². The van der Waals surface area contributed by atoms with Gasteiger partial charge in [-0.25, -0.2) is 4.18 Å². The molecule has 150 valence electrons. The van der Waals surface area contributed by atoms with E-state index in [0.717, 1.165) is 19.3 Å². The van der Waals surface area contributed by atoms with E-state index in [4.69, 9.17) is 15.4 Å². The molecule has 25 heavy (non-hydrogen) atoms. The highest BCUT2D eigenvalue weighted by Gasteiger charge is 2.28. The van der Waals surface area contributed by atoms with Gasteiger partial charge in [0.05, 0.1) is 18.8 Å². The van der Waals surface area contributed by atoms with Crippen molar-refractivity contribution < 1.29 is 27.4 Å². The summed E-state index contributed by atoms with van der Waals surface area (Å²) >= 11 is 0. The van der Waals surface area contributed by atoms with Crippen LogP contribution in [-0.2, 0) is 14.6 Å². The Kier molecular flexibility index (Phi) is 14.3. The molecule has 0 amide bonds. The molecule has 0 radical (unpaired) electrons. The lowest BCUT2D eigenvalue weighted by atomic mass is 10.0. The lowest BCUT2D eigenvalue weighted by molar-refractivity contribution is 0.00630. The van der Waals surface area contributed by atoms with Gasteiger partial charge in [-0.05, 0) is 19.3 Å². The van der Waals surface area contributed by atoms with E-state index in [1.54, 1.807) is 6.08 Å². The van der Waals surface area contributed by atoms with Crippen LogP contribution in [0, 0.1) is 0 Å². The highest BCUT2D eigenvalue weighted by atomic mass is 32.3. The molecule has 0 unspecified atom stereocenters. The SMILES string of the molecule is CCCCCCCCCCC=CC[C@H](OS(=O)(=O)O)[C@H](O)[C@H](N)CO. The molecule has 3 atom stereocenters. The summed E-state index contributed by atoms with van der Waals surface area (Å²) in [4.78, 5) is 0. The van der Waals surface area contributed by atoms with Crippen LogP contribution in [0.5, 0.6) is 0 Å². The molecule has 0 aromatic carbocycles. The van der Waals surface area contributed by atoms with Crippen molar-refractivity contribution in [3.05, 3.63) is 12.2 Å². The van der Waals surface area contributed by atoms with Gasteiger partial charge in [-0.1, -0.05) is 64.0 Å². The first-order chi connectivity index (χ1) is 11.8. The van der Waals surface area contributed by atoms with Crippen LogP contribution in [0.4, 0.5) is 0 Å². The topological polar surface area (TPSA) is 130 Å². The van der Waals surface area contributed by atoms with Crippen LogP contribution in [0.2, 0.25) is 0 Å². The molecule has 7 nitrogen and oxygen atoms in total. The molecule has 0 aromatic heterocycles. The fourth-order valence-electron chi connectivity index (χ4n) is 2.52. The predicted octanol–water partition coefficient (Wildman–Crippen LogP) is 2.33. The Labute approximate surface area is 152 Å². The third kappa shape index (κ3) is 14.4. The third-order valence-electron chi connectivity index (χ3n) is 4.04. The van der Waals surface area contributed by atoms with E-state index in [0.29, 0.717) is 0 Å². The molecule has 0 aliphatic carbocycles. The minimum atomic E-state index is -4.71. The first-order valence-corrected chi connectivity index (χ1v) is 10.5. The van der Waals surface area contributed by atoms with Crippen LogP contribution in [0.25, 0.3) is 0 Å². The molecule has 0 saturated carbocycles. The molecular formula is C17H35NO6S.